The van der Waals surface area contributed by atoms with Gasteiger partial charge in [0.1, 0.15) is 5.69 Å². The molecule has 0 amide bonds. The van der Waals surface area contributed by atoms with Crippen LogP contribution in [0.5, 0.6) is 5.75 Å². The Balaban J connectivity index is 2.13. The highest BCUT2D eigenvalue weighted by atomic mass is 16.5. The molecule has 0 bridgehead atoms. The van der Waals surface area contributed by atoms with Crippen molar-refractivity contribution >= 4 is 11.5 Å². The number of ketones is 1. The zero-order valence-corrected chi connectivity index (χ0v) is 12.7. The first-order chi connectivity index (χ1) is 10.0. The maximum absolute atomic E-state index is 12.5. The lowest BCUT2D eigenvalue weighted by Gasteiger charge is -2.11. The largest absolute Gasteiger partial charge is 0.493 e. The smallest absolute Gasteiger partial charge is 0.185 e. The molecule has 0 saturated heterocycles. The second-order valence-corrected chi connectivity index (χ2v) is 5.26. The zero-order chi connectivity index (χ0) is 15.4. The fraction of sp³-hybridized carbons (Fsp3) is 0.375. The summed E-state index contributed by atoms with van der Waals surface area (Å²) in [5.41, 5.74) is 8.02. The third-order valence-corrected chi connectivity index (χ3v) is 3.36. The Bertz CT molecular complexity index is 615. The molecule has 0 fully saturated rings. The molecule has 21 heavy (non-hydrogen) atoms. The van der Waals surface area contributed by atoms with Crippen LogP contribution in [0.25, 0.3) is 0 Å². The number of anilines is 1. The van der Waals surface area contributed by atoms with Gasteiger partial charge in [-0.15, -0.1) is 0 Å². The van der Waals surface area contributed by atoms with E-state index >= 15 is 0 Å². The summed E-state index contributed by atoms with van der Waals surface area (Å²) < 4.78 is 6.96. The molecule has 0 aliphatic heterocycles. The molecule has 0 atom stereocenters. The van der Waals surface area contributed by atoms with Gasteiger partial charge in [0, 0.05) is 18.2 Å². The number of hydrogen-bond acceptors (Lipinski definition) is 4. The molecular formula is C16H21N3O2. The van der Waals surface area contributed by atoms with Gasteiger partial charge in [-0.1, -0.05) is 12.1 Å². The highest BCUT2D eigenvalue weighted by molar-refractivity contribution is 5.97. The van der Waals surface area contributed by atoms with Gasteiger partial charge in [-0.05, 0) is 38.0 Å². The first-order valence-electron chi connectivity index (χ1n) is 7.02. The third kappa shape index (κ3) is 3.42. The molecule has 2 rings (SSSR count). The van der Waals surface area contributed by atoms with E-state index in [-0.39, 0.29) is 11.8 Å². The number of hydrogen-bond donors (Lipinski definition) is 1. The van der Waals surface area contributed by atoms with E-state index in [1.165, 1.54) is 0 Å². The predicted octanol–water partition coefficient (Wildman–Crippen LogP) is 2.87. The van der Waals surface area contributed by atoms with Gasteiger partial charge in [0.25, 0.3) is 0 Å². The van der Waals surface area contributed by atoms with E-state index in [0.717, 1.165) is 11.3 Å². The number of carbonyl (C=O) groups is 1. The molecule has 0 radical (unpaired) electrons. The maximum Gasteiger partial charge on any atom is 0.185 e. The minimum Gasteiger partial charge on any atom is -0.493 e. The number of nitrogens with two attached hydrogens (primary N) is 1. The number of methoxy groups -OCH3 is 1. The highest BCUT2D eigenvalue weighted by Gasteiger charge is 2.20. The number of carbonyl (C=O) groups excluding carboxylic acids is 1. The van der Waals surface area contributed by atoms with Gasteiger partial charge in [-0.3, -0.25) is 9.48 Å². The van der Waals surface area contributed by atoms with E-state index < -0.39 is 0 Å². The van der Waals surface area contributed by atoms with Crippen molar-refractivity contribution in [2.75, 3.05) is 12.8 Å². The van der Waals surface area contributed by atoms with Crippen LogP contribution in [0.15, 0.2) is 30.5 Å². The lowest BCUT2D eigenvalue weighted by atomic mass is 10.1. The van der Waals surface area contributed by atoms with E-state index in [1.807, 2.05) is 38.1 Å². The predicted molar refractivity (Wildman–Crippen MR) is 82.7 cm³/mol. The monoisotopic (exact) mass is 287 g/mol. The van der Waals surface area contributed by atoms with Crippen LogP contribution in [-0.2, 0) is 6.42 Å². The number of aryl methyl sites for hydroxylation is 1. The number of rotatable bonds is 6. The second kappa shape index (κ2) is 6.43. The summed E-state index contributed by atoms with van der Waals surface area (Å²) in [7, 11) is 1.55. The molecule has 5 heteroatoms. The van der Waals surface area contributed by atoms with E-state index in [2.05, 4.69) is 5.10 Å². The van der Waals surface area contributed by atoms with Crippen molar-refractivity contribution < 1.29 is 9.53 Å². The summed E-state index contributed by atoms with van der Waals surface area (Å²) >= 11 is 0. The van der Waals surface area contributed by atoms with Gasteiger partial charge in [0.2, 0.25) is 0 Å². The lowest BCUT2D eigenvalue weighted by molar-refractivity contribution is 0.0967. The molecule has 112 valence electrons. The van der Waals surface area contributed by atoms with Gasteiger partial charge in [0.15, 0.2) is 11.5 Å². The Kier molecular flexibility index (Phi) is 4.62. The molecule has 1 aromatic heterocycles. The number of ether oxygens (including phenoxy) is 1. The average molecular weight is 287 g/mol. The second-order valence-electron chi connectivity index (χ2n) is 5.26. The van der Waals surface area contributed by atoms with Crippen LogP contribution in [0.1, 0.15) is 42.4 Å². The summed E-state index contributed by atoms with van der Waals surface area (Å²) in [5.74, 6) is 0.570. The lowest BCUT2D eigenvalue weighted by Crippen LogP contribution is -2.14. The molecule has 2 N–H and O–H groups in total. The van der Waals surface area contributed by atoms with Crippen molar-refractivity contribution in [2.45, 2.75) is 32.7 Å². The van der Waals surface area contributed by atoms with E-state index in [1.54, 1.807) is 18.0 Å². The van der Waals surface area contributed by atoms with Gasteiger partial charge in [0.05, 0.1) is 13.3 Å². The van der Waals surface area contributed by atoms with Crippen LogP contribution in [0.2, 0.25) is 0 Å². The van der Waals surface area contributed by atoms with Crippen LogP contribution >= 0.6 is 0 Å². The molecule has 1 aromatic carbocycles. The van der Waals surface area contributed by atoms with E-state index in [4.69, 9.17) is 10.5 Å². The van der Waals surface area contributed by atoms with Gasteiger partial charge in [-0.25, -0.2) is 0 Å². The number of nitrogens with zero attached hydrogens (tertiary/aromatic N) is 2. The zero-order valence-electron chi connectivity index (χ0n) is 12.7. The summed E-state index contributed by atoms with van der Waals surface area (Å²) in [4.78, 5) is 12.5. The Morgan fingerprint density at radius 3 is 2.57 bits per heavy atom. The quantitative estimate of drug-likeness (QED) is 0.655. The molecule has 0 spiro atoms. The fourth-order valence-electron chi connectivity index (χ4n) is 2.21. The summed E-state index contributed by atoms with van der Waals surface area (Å²) in [6.45, 7) is 3.98. The first kappa shape index (κ1) is 15.1. The van der Waals surface area contributed by atoms with Crippen LogP contribution in [0.4, 0.5) is 5.69 Å². The fourth-order valence-corrected chi connectivity index (χ4v) is 2.21. The Labute approximate surface area is 124 Å². The number of Topliss-reactive ketones (excluding diaryl/α,β-unsaturated/α-hetero) is 1. The van der Waals surface area contributed by atoms with Gasteiger partial charge < -0.3 is 10.5 Å². The number of nitrogen functional groups attached to an aromatic ring is 1. The molecule has 0 aliphatic carbocycles. The van der Waals surface area contributed by atoms with E-state index in [0.29, 0.717) is 24.3 Å². The molecule has 1 heterocycles. The Morgan fingerprint density at radius 1 is 1.33 bits per heavy atom. The molecule has 0 aliphatic rings. The van der Waals surface area contributed by atoms with Crippen LogP contribution in [-0.4, -0.2) is 22.7 Å². The number of benzene rings is 1. The van der Waals surface area contributed by atoms with E-state index in [9.17, 15) is 4.79 Å². The molecule has 5 nitrogen and oxygen atoms in total. The standard InChI is InChI=1S/C16H21N3O2/c1-11(2)19-16(15(21-3)10-18-19)14(20)9-6-12-4-7-13(17)8-5-12/h4-5,7-8,10-11H,6,9,17H2,1-3H3. The third-order valence-electron chi connectivity index (χ3n) is 3.36. The Morgan fingerprint density at radius 2 is 2.00 bits per heavy atom. The van der Waals surface area contributed by atoms with Crippen molar-refractivity contribution in [1.82, 2.24) is 9.78 Å². The van der Waals surface area contributed by atoms with Crippen molar-refractivity contribution in [3.05, 3.63) is 41.7 Å². The summed E-state index contributed by atoms with van der Waals surface area (Å²) in [6, 6.07) is 7.70. The van der Waals surface area contributed by atoms with Crippen LogP contribution in [0.3, 0.4) is 0 Å². The molecule has 0 unspecified atom stereocenters. The van der Waals surface area contributed by atoms with Crippen molar-refractivity contribution in [1.29, 1.82) is 0 Å². The van der Waals surface area contributed by atoms with Crippen molar-refractivity contribution in [3.8, 4) is 5.75 Å². The van der Waals surface area contributed by atoms with Crippen LogP contribution in [0, 0.1) is 0 Å². The number of aromatic nitrogens is 2. The average Bonchev–Trinajstić information content (AvgIpc) is 2.90. The molecule has 0 saturated carbocycles. The van der Waals surface area contributed by atoms with Crippen LogP contribution < -0.4 is 10.5 Å². The van der Waals surface area contributed by atoms with Gasteiger partial charge in [-0.2, -0.15) is 5.10 Å². The Hall–Kier alpha value is -2.30. The summed E-state index contributed by atoms with van der Waals surface area (Å²) in [6.07, 6.45) is 2.68. The minimum atomic E-state index is 0.0369. The normalized spacial score (nSPS) is 10.9. The summed E-state index contributed by atoms with van der Waals surface area (Å²) in [5, 5.41) is 4.23. The van der Waals surface area contributed by atoms with Gasteiger partial charge >= 0.3 is 0 Å². The maximum atomic E-state index is 12.5. The minimum absolute atomic E-state index is 0.0369. The molecule has 2 aromatic rings. The molecular weight excluding hydrogens is 266 g/mol. The topological polar surface area (TPSA) is 70.1 Å². The highest BCUT2D eigenvalue weighted by Crippen LogP contribution is 2.23. The van der Waals surface area contributed by atoms with Crippen molar-refractivity contribution in [2.24, 2.45) is 0 Å². The SMILES string of the molecule is COc1cnn(C(C)C)c1C(=O)CCc1ccc(N)cc1. The first-order valence-corrected chi connectivity index (χ1v) is 7.02. The van der Waals surface area contributed by atoms with Crippen molar-refractivity contribution in [3.63, 3.8) is 0 Å².